The minimum Gasteiger partial charge on any atom is -0.363 e. The first-order valence-corrected chi connectivity index (χ1v) is 5.81. The van der Waals surface area contributed by atoms with Crippen LogP contribution in [-0.2, 0) is 4.79 Å². The number of aryl methyl sites for hydroxylation is 1. The number of hydrogen-bond acceptors (Lipinski definition) is 7. The van der Waals surface area contributed by atoms with Crippen LogP contribution in [0.1, 0.15) is 12.5 Å². The molecular weight excluding hydrogens is 284 g/mol. The maximum atomic E-state index is 11.6. The van der Waals surface area contributed by atoms with Crippen molar-refractivity contribution in [3.8, 4) is 0 Å². The predicted molar refractivity (Wildman–Crippen MR) is 72.1 cm³/mol. The quantitative estimate of drug-likeness (QED) is 0.476. The van der Waals surface area contributed by atoms with Crippen molar-refractivity contribution in [1.82, 2.24) is 5.06 Å². The lowest BCUT2D eigenvalue weighted by molar-refractivity contribution is -0.392. The van der Waals surface area contributed by atoms with Gasteiger partial charge in [-0.2, -0.15) is 0 Å². The highest BCUT2D eigenvalue weighted by molar-refractivity contribution is 5.86. The van der Waals surface area contributed by atoms with E-state index in [2.05, 4.69) is 5.32 Å². The number of anilines is 1. The van der Waals surface area contributed by atoms with E-state index in [1.807, 2.05) is 0 Å². The predicted octanol–water partition coefficient (Wildman–Crippen LogP) is 1.46. The molecular formula is C11H14N4O6. The Bertz CT molecular complexity index is 565. The van der Waals surface area contributed by atoms with Crippen molar-refractivity contribution in [2.75, 3.05) is 12.4 Å². The lowest BCUT2D eigenvalue weighted by Gasteiger charge is -2.17. The highest BCUT2D eigenvalue weighted by atomic mass is 16.6. The number of benzene rings is 1. The molecule has 0 spiro atoms. The van der Waals surface area contributed by atoms with Crippen LogP contribution >= 0.6 is 0 Å². The third kappa shape index (κ3) is 3.63. The molecule has 1 unspecified atom stereocenters. The molecule has 2 N–H and O–H groups in total. The standard InChI is InChI=1S/C11H14N4O6/c1-6-4-8(14(18)19)10(9(5-6)15(20)21)12-7(2)11(16)13(3)17/h4-5,7,12,17H,1-3H3. The van der Waals surface area contributed by atoms with E-state index in [0.29, 0.717) is 10.6 Å². The largest absolute Gasteiger partial charge is 0.363 e. The number of nitrogens with zero attached hydrogens (tertiary/aromatic N) is 3. The molecule has 21 heavy (non-hydrogen) atoms. The Morgan fingerprint density at radius 3 is 2.05 bits per heavy atom. The number of rotatable bonds is 5. The van der Waals surface area contributed by atoms with Crippen molar-refractivity contribution in [2.24, 2.45) is 0 Å². The van der Waals surface area contributed by atoms with Crippen molar-refractivity contribution in [3.05, 3.63) is 37.9 Å². The van der Waals surface area contributed by atoms with E-state index >= 15 is 0 Å². The van der Waals surface area contributed by atoms with Crippen LogP contribution in [0.15, 0.2) is 12.1 Å². The summed E-state index contributed by atoms with van der Waals surface area (Å²) in [6.45, 7) is 2.81. The molecule has 10 heteroatoms. The van der Waals surface area contributed by atoms with E-state index in [-0.39, 0.29) is 5.69 Å². The summed E-state index contributed by atoms with van der Waals surface area (Å²) < 4.78 is 0. The van der Waals surface area contributed by atoms with Gasteiger partial charge in [0.1, 0.15) is 6.04 Å². The number of nitro benzene ring substituents is 2. The van der Waals surface area contributed by atoms with E-state index in [1.165, 1.54) is 13.8 Å². The van der Waals surface area contributed by atoms with Gasteiger partial charge in [0, 0.05) is 19.2 Å². The Morgan fingerprint density at radius 2 is 1.71 bits per heavy atom. The van der Waals surface area contributed by atoms with Crippen LogP contribution in [0.25, 0.3) is 0 Å². The molecule has 0 aliphatic rings. The first-order valence-electron chi connectivity index (χ1n) is 5.81. The summed E-state index contributed by atoms with van der Waals surface area (Å²) in [5, 5.41) is 33.8. The van der Waals surface area contributed by atoms with Gasteiger partial charge in [0.2, 0.25) is 0 Å². The molecule has 114 valence electrons. The summed E-state index contributed by atoms with van der Waals surface area (Å²) in [5.41, 5.74) is -1.06. The van der Waals surface area contributed by atoms with Gasteiger partial charge in [0.15, 0.2) is 5.69 Å². The van der Waals surface area contributed by atoms with E-state index in [9.17, 15) is 25.0 Å². The van der Waals surface area contributed by atoms with Crippen molar-refractivity contribution >= 4 is 23.0 Å². The zero-order valence-electron chi connectivity index (χ0n) is 11.6. The molecule has 0 saturated carbocycles. The minimum atomic E-state index is -1.08. The number of nitro groups is 2. The van der Waals surface area contributed by atoms with Gasteiger partial charge in [-0.3, -0.25) is 30.2 Å². The number of hydroxylamine groups is 2. The Balaban J connectivity index is 3.35. The van der Waals surface area contributed by atoms with E-state index in [4.69, 9.17) is 5.21 Å². The van der Waals surface area contributed by atoms with Gasteiger partial charge in [0.05, 0.1) is 9.85 Å². The van der Waals surface area contributed by atoms with Crippen molar-refractivity contribution in [3.63, 3.8) is 0 Å². The highest BCUT2D eigenvalue weighted by Crippen LogP contribution is 2.36. The van der Waals surface area contributed by atoms with Crippen molar-refractivity contribution < 1.29 is 19.8 Å². The summed E-state index contributed by atoms with van der Waals surface area (Å²) in [7, 11) is 1.08. The average molecular weight is 298 g/mol. The first kappa shape index (κ1) is 16.3. The monoisotopic (exact) mass is 298 g/mol. The van der Waals surface area contributed by atoms with Crippen LogP contribution in [0.3, 0.4) is 0 Å². The number of carbonyl (C=O) groups excluding carboxylic acids is 1. The smallest absolute Gasteiger partial charge is 0.299 e. The fraction of sp³-hybridized carbons (Fsp3) is 0.364. The van der Waals surface area contributed by atoms with Crippen LogP contribution < -0.4 is 5.32 Å². The molecule has 0 radical (unpaired) electrons. The Labute approximate surface area is 119 Å². The molecule has 0 saturated heterocycles. The normalized spacial score (nSPS) is 11.6. The van der Waals surface area contributed by atoms with Gasteiger partial charge < -0.3 is 5.32 Å². The van der Waals surface area contributed by atoms with Gasteiger partial charge in [0.25, 0.3) is 17.3 Å². The molecule has 0 fully saturated rings. The molecule has 1 atom stereocenters. The summed E-state index contributed by atoms with van der Waals surface area (Å²) in [6.07, 6.45) is 0. The lowest BCUT2D eigenvalue weighted by atomic mass is 10.1. The summed E-state index contributed by atoms with van der Waals surface area (Å²) in [6, 6.07) is 1.24. The third-order valence-corrected chi connectivity index (χ3v) is 2.68. The zero-order valence-corrected chi connectivity index (χ0v) is 11.6. The number of carbonyl (C=O) groups is 1. The second kappa shape index (κ2) is 6.13. The van der Waals surface area contributed by atoms with E-state index in [1.54, 1.807) is 0 Å². The highest BCUT2D eigenvalue weighted by Gasteiger charge is 2.29. The van der Waals surface area contributed by atoms with Crippen molar-refractivity contribution in [1.29, 1.82) is 0 Å². The van der Waals surface area contributed by atoms with Gasteiger partial charge in [-0.25, -0.2) is 5.06 Å². The van der Waals surface area contributed by atoms with Crippen LogP contribution in [0, 0.1) is 27.2 Å². The molecule has 0 aliphatic heterocycles. The van der Waals surface area contributed by atoms with Crippen LogP contribution in [-0.4, -0.2) is 39.1 Å². The van der Waals surface area contributed by atoms with E-state index in [0.717, 1.165) is 19.2 Å². The number of nitrogens with one attached hydrogen (secondary N) is 1. The molecule has 0 aliphatic carbocycles. The summed E-state index contributed by atoms with van der Waals surface area (Å²) >= 11 is 0. The Morgan fingerprint density at radius 1 is 1.29 bits per heavy atom. The van der Waals surface area contributed by atoms with Gasteiger partial charge in [-0.1, -0.05) is 0 Å². The number of amides is 1. The molecule has 1 amide bonds. The maximum absolute atomic E-state index is 11.6. The molecule has 1 rings (SSSR count). The topological polar surface area (TPSA) is 139 Å². The zero-order chi connectivity index (χ0) is 16.3. The van der Waals surface area contributed by atoms with Crippen molar-refractivity contribution in [2.45, 2.75) is 19.9 Å². The molecule has 1 aromatic carbocycles. The molecule has 0 aromatic heterocycles. The fourth-order valence-corrected chi connectivity index (χ4v) is 1.74. The Kier molecular flexibility index (Phi) is 4.76. The second-order valence-electron chi connectivity index (χ2n) is 4.42. The van der Waals surface area contributed by atoms with E-state index < -0.39 is 33.2 Å². The lowest BCUT2D eigenvalue weighted by Crippen LogP contribution is -2.37. The van der Waals surface area contributed by atoms with Gasteiger partial charge in [-0.05, 0) is 19.4 Å². The van der Waals surface area contributed by atoms with Crippen LogP contribution in [0.5, 0.6) is 0 Å². The Hall–Kier alpha value is -2.75. The molecule has 10 nitrogen and oxygen atoms in total. The van der Waals surface area contributed by atoms with Crippen LogP contribution in [0.4, 0.5) is 17.1 Å². The van der Waals surface area contributed by atoms with Gasteiger partial charge >= 0.3 is 0 Å². The third-order valence-electron chi connectivity index (χ3n) is 2.68. The minimum absolute atomic E-state index is 0.295. The van der Waals surface area contributed by atoms with Crippen LogP contribution in [0.2, 0.25) is 0 Å². The average Bonchev–Trinajstić information content (AvgIpc) is 2.38. The SMILES string of the molecule is Cc1cc([N+](=O)[O-])c(NC(C)C(=O)N(C)O)c([N+](=O)[O-])c1. The first-order chi connectivity index (χ1) is 9.65. The summed E-state index contributed by atoms with van der Waals surface area (Å²) in [4.78, 5) is 32.1. The summed E-state index contributed by atoms with van der Waals surface area (Å²) in [5.74, 6) is -0.792. The number of likely N-dealkylation sites (N-methyl/N-ethyl adjacent to an activating group) is 1. The maximum Gasteiger partial charge on any atom is 0.299 e. The van der Waals surface area contributed by atoms with Gasteiger partial charge in [-0.15, -0.1) is 0 Å². The molecule has 0 bridgehead atoms. The number of hydrogen-bond donors (Lipinski definition) is 2. The fourth-order valence-electron chi connectivity index (χ4n) is 1.74. The molecule has 1 aromatic rings. The molecule has 0 heterocycles. The second-order valence-corrected chi connectivity index (χ2v) is 4.42.